The highest BCUT2D eigenvalue weighted by atomic mass is 127. The molecule has 0 amide bonds. The minimum atomic E-state index is -0.431. The second-order valence-electron chi connectivity index (χ2n) is 13.0. The fraction of sp³-hybridized carbons (Fsp3) is 0.158. The van der Waals surface area contributed by atoms with Crippen molar-refractivity contribution in [1.82, 2.24) is 0 Å². The van der Waals surface area contributed by atoms with E-state index in [9.17, 15) is 0 Å². The van der Waals surface area contributed by atoms with E-state index in [-0.39, 0.29) is 0 Å². The van der Waals surface area contributed by atoms with Crippen LogP contribution in [-0.4, -0.2) is 18.3 Å². The van der Waals surface area contributed by atoms with E-state index in [1.54, 1.807) is 0 Å². The van der Waals surface area contributed by atoms with Gasteiger partial charge in [0.25, 0.3) is 0 Å². The molecular weight excluding hydrogens is 769 g/mol. The molecule has 9 rings (SSSR count). The lowest BCUT2D eigenvalue weighted by atomic mass is 9.74. The summed E-state index contributed by atoms with van der Waals surface area (Å²) in [6.45, 7) is 8.47. The Morgan fingerprint density at radius 1 is 0.500 bits per heavy atom. The van der Waals surface area contributed by atoms with Crippen molar-refractivity contribution < 1.29 is 14.0 Å². The summed E-state index contributed by atoms with van der Waals surface area (Å²) >= 11 is 5.00. The van der Waals surface area contributed by atoms with Crippen LogP contribution in [0.5, 0.6) is 11.5 Å². The van der Waals surface area contributed by atoms with Gasteiger partial charge in [-0.25, -0.2) is 0 Å². The van der Waals surface area contributed by atoms with Gasteiger partial charge >= 0.3 is 7.12 Å². The Bertz CT molecular complexity index is 2340. The largest absolute Gasteiger partial charge is 0.495 e. The first-order valence-corrected chi connectivity index (χ1v) is 17.1. The maximum atomic E-state index is 6.58. The summed E-state index contributed by atoms with van der Waals surface area (Å²) in [7, 11) is -0.431. The van der Waals surface area contributed by atoms with Crippen LogP contribution in [0, 0.1) is 7.14 Å². The first-order valence-electron chi connectivity index (χ1n) is 14.9. The van der Waals surface area contributed by atoms with Crippen LogP contribution in [0.3, 0.4) is 0 Å². The molecule has 7 aromatic rings. The predicted molar refractivity (Wildman–Crippen MR) is 200 cm³/mol. The van der Waals surface area contributed by atoms with Crippen LogP contribution in [-0.2, 0) is 9.31 Å². The maximum absolute atomic E-state index is 6.58. The molecule has 1 saturated heterocycles. The van der Waals surface area contributed by atoms with E-state index >= 15 is 0 Å². The second-order valence-corrected chi connectivity index (χ2v) is 15.3. The number of ether oxygens (including phenoxy) is 1. The van der Waals surface area contributed by atoms with Gasteiger partial charge in [0.1, 0.15) is 11.5 Å². The lowest BCUT2D eigenvalue weighted by Gasteiger charge is -2.32. The Morgan fingerprint density at radius 2 is 1.11 bits per heavy atom. The maximum Gasteiger partial charge on any atom is 0.495 e. The number of benzene rings is 7. The number of fused-ring (bicyclic) bond motifs is 2. The minimum absolute atomic E-state index is 0.408. The Morgan fingerprint density at radius 3 is 1.89 bits per heavy atom. The molecule has 2 aliphatic rings. The summed E-state index contributed by atoms with van der Waals surface area (Å²) in [6, 6.07) is 33.1. The van der Waals surface area contributed by atoms with Gasteiger partial charge in [-0.15, -0.1) is 0 Å². The van der Waals surface area contributed by atoms with E-state index in [4.69, 9.17) is 14.0 Å². The lowest BCUT2D eigenvalue weighted by molar-refractivity contribution is 0.00578. The van der Waals surface area contributed by atoms with Crippen molar-refractivity contribution in [2.45, 2.75) is 38.9 Å². The molecule has 0 atom stereocenters. The van der Waals surface area contributed by atoms with Gasteiger partial charge in [-0.2, -0.15) is 0 Å². The Labute approximate surface area is 283 Å². The molecule has 0 bridgehead atoms. The summed E-state index contributed by atoms with van der Waals surface area (Å²) in [5.74, 6) is 1.82. The molecule has 0 spiro atoms. The predicted octanol–water partition coefficient (Wildman–Crippen LogP) is 10.7. The van der Waals surface area contributed by atoms with Crippen molar-refractivity contribution in [1.29, 1.82) is 0 Å². The molecule has 1 fully saturated rings. The summed E-state index contributed by atoms with van der Waals surface area (Å²) < 4.78 is 22.0. The fourth-order valence-corrected chi connectivity index (χ4v) is 8.68. The SMILES string of the molecule is CC1(C)OB(c2cc(I)c3ccc4c(-c5ccc6c7c(cccc57)-c5ccccc5O6)cc(I)c5ccc2c3c54)OC1(C)C. The monoisotopic (exact) mass is 796 g/mol. The van der Waals surface area contributed by atoms with Crippen LogP contribution in [0.4, 0.5) is 0 Å². The zero-order valence-corrected chi connectivity index (χ0v) is 29.0. The van der Waals surface area contributed by atoms with Crippen LogP contribution >= 0.6 is 45.2 Å². The molecule has 3 nitrogen and oxygen atoms in total. The third kappa shape index (κ3) is 3.68. The molecule has 44 heavy (non-hydrogen) atoms. The summed E-state index contributed by atoms with van der Waals surface area (Å²) in [5, 5.41) is 9.90. The molecule has 2 heterocycles. The van der Waals surface area contributed by atoms with Gasteiger partial charge in [0.15, 0.2) is 0 Å². The highest BCUT2D eigenvalue weighted by Gasteiger charge is 2.52. The summed E-state index contributed by atoms with van der Waals surface area (Å²) in [6.07, 6.45) is 0. The van der Waals surface area contributed by atoms with Gasteiger partial charge < -0.3 is 14.0 Å². The minimum Gasteiger partial charge on any atom is -0.456 e. The van der Waals surface area contributed by atoms with Crippen LogP contribution in [0.1, 0.15) is 27.7 Å². The van der Waals surface area contributed by atoms with E-state index in [1.165, 1.54) is 66.9 Å². The molecule has 214 valence electrons. The molecule has 6 heteroatoms. The number of hydrogen-bond donors (Lipinski definition) is 0. The van der Waals surface area contributed by atoms with E-state index in [0.29, 0.717) is 0 Å². The van der Waals surface area contributed by atoms with E-state index in [1.807, 2.05) is 12.1 Å². The van der Waals surface area contributed by atoms with Crippen LogP contribution in [0.2, 0.25) is 0 Å². The molecule has 0 radical (unpaired) electrons. The van der Waals surface area contributed by atoms with Crippen molar-refractivity contribution >= 4 is 101 Å². The normalized spacial score (nSPS) is 16.7. The standard InChI is InChI=1S/C38H27BI2O3/c1-37(2)38(3,4)44-39(43-37)29-19-31(41)27-14-12-24-28(18-30(40)26-15-13-25(29)36(27)35(24)26)20-16-17-33-34-22(20)9-7-10-23(34)21-8-5-6-11-32(21)42-33/h5-19H,1-4H3. The molecular formula is C38H27BI2O3. The number of halogens is 2. The molecule has 0 N–H and O–H groups in total. The lowest BCUT2D eigenvalue weighted by Crippen LogP contribution is -2.41. The third-order valence-corrected chi connectivity index (χ3v) is 11.8. The Hall–Kier alpha value is -2.92. The van der Waals surface area contributed by atoms with Gasteiger partial charge in [0, 0.05) is 18.1 Å². The first-order chi connectivity index (χ1) is 21.1. The smallest absolute Gasteiger partial charge is 0.456 e. The van der Waals surface area contributed by atoms with Crippen molar-refractivity contribution in [2.75, 3.05) is 0 Å². The molecule has 0 saturated carbocycles. The van der Waals surface area contributed by atoms with E-state index in [0.717, 1.165) is 22.5 Å². The van der Waals surface area contributed by atoms with Crippen LogP contribution in [0.15, 0.2) is 91.0 Å². The molecule has 0 aliphatic carbocycles. The molecule has 7 aromatic carbocycles. The highest BCUT2D eigenvalue weighted by Crippen LogP contribution is 2.50. The number of rotatable bonds is 2. The topological polar surface area (TPSA) is 27.7 Å². The molecule has 0 aromatic heterocycles. The van der Waals surface area contributed by atoms with Gasteiger partial charge in [0.2, 0.25) is 0 Å². The fourth-order valence-electron chi connectivity index (χ4n) is 7.14. The van der Waals surface area contributed by atoms with Crippen LogP contribution < -0.4 is 10.2 Å². The van der Waals surface area contributed by atoms with Gasteiger partial charge in [-0.05, 0) is 157 Å². The highest BCUT2D eigenvalue weighted by molar-refractivity contribution is 14.1. The van der Waals surface area contributed by atoms with E-state index < -0.39 is 18.3 Å². The Balaban J connectivity index is 1.34. The molecule has 2 aliphatic heterocycles. The average Bonchev–Trinajstić information content (AvgIpc) is 3.23. The van der Waals surface area contributed by atoms with Crippen molar-refractivity contribution in [3.05, 3.63) is 98.1 Å². The summed E-state index contributed by atoms with van der Waals surface area (Å²) in [5.41, 5.74) is 5.07. The first kappa shape index (κ1) is 27.4. The van der Waals surface area contributed by atoms with Gasteiger partial charge in [-0.3, -0.25) is 0 Å². The zero-order chi connectivity index (χ0) is 30.1. The van der Waals surface area contributed by atoms with Crippen molar-refractivity contribution in [3.8, 4) is 33.8 Å². The quantitative estimate of drug-likeness (QED) is 0.0991. The van der Waals surface area contributed by atoms with Crippen LogP contribution in [0.25, 0.3) is 65.3 Å². The summed E-state index contributed by atoms with van der Waals surface area (Å²) in [4.78, 5) is 0. The number of para-hydroxylation sites is 1. The number of hydrogen-bond acceptors (Lipinski definition) is 3. The van der Waals surface area contributed by atoms with Crippen molar-refractivity contribution in [3.63, 3.8) is 0 Å². The Kier molecular flexibility index (Phi) is 5.80. The molecule has 0 unspecified atom stereocenters. The second kappa shape index (κ2) is 9.31. The third-order valence-electron chi connectivity index (χ3n) is 10.0. The van der Waals surface area contributed by atoms with Gasteiger partial charge in [0.05, 0.1) is 11.2 Å². The zero-order valence-electron chi connectivity index (χ0n) is 24.7. The van der Waals surface area contributed by atoms with Crippen molar-refractivity contribution in [2.24, 2.45) is 0 Å². The van der Waals surface area contributed by atoms with E-state index in [2.05, 4.69) is 152 Å². The average molecular weight is 796 g/mol. The van der Waals surface area contributed by atoms with Gasteiger partial charge in [-0.1, -0.05) is 66.7 Å².